The molecule has 0 unspecified atom stereocenters. The van der Waals surface area contributed by atoms with E-state index in [1.807, 2.05) is 24.4 Å². The van der Waals surface area contributed by atoms with Crippen molar-refractivity contribution in [3.8, 4) is 0 Å². The zero-order valence-corrected chi connectivity index (χ0v) is 11.8. The third-order valence-corrected chi connectivity index (χ3v) is 4.23. The highest BCUT2D eigenvalue weighted by Gasteiger charge is 2.11. The van der Waals surface area contributed by atoms with Gasteiger partial charge in [0.15, 0.2) is 0 Å². The minimum Gasteiger partial charge on any atom is -0.398 e. The third-order valence-electron chi connectivity index (χ3n) is 4.23. The lowest BCUT2D eigenvalue weighted by molar-refractivity contribution is 0.912. The van der Waals surface area contributed by atoms with Crippen molar-refractivity contribution in [1.29, 1.82) is 0 Å². The molecule has 1 heterocycles. The van der Waals surface area contributed by atoms with Crippen LogP contribution in [0.15, 0.2) is 48.8 Å². The molecule has 0 aliphatic heterocycles. The molecule has 0 saturated carbocycles. The first-order chi connectivity index (χ1) is 10.3. The van der Waals surface area contributed by atoms with Gasteiger partial charge in [0.2, 0.25) is 0 Å². The number of aromatic nitrogens is 1. The fourth-order valence-electron chi connectivity index (χ4n) is 3.13. The molecule has 0 bridgehead atoms. The molecular weight excluding hydrogens is 258 g/mol. The maximum Gasteiger partial charge on any atom is 0.0466 e. The van der Waals surface area contributed by atoms with Crippen LogP contribution < -0.4 is 11.1 Å². The van der Waals surface area contributed by atoms with E-state index in [-0.39, 0.29) is 0 Å². The van der Waals surface area contributed by atoms with E-state index in [1.165, 1.54) is 30.4 Å². The average Bonchev–Trinajstić information content (AvgIpc) is 2.98. The molecule has 0 spiro atoms. The Morgan fingerprint density at radius 2 is 1.86 bits per heavy atom. The van der Waals surface area contributed by atoms with Crippen molar-refractivity contribution >= 4 is 27.8 Å². The highest BCUT2D eigenvalue weighted by atomic mass is 14.9. The molecule has 2 aromatic carbocycles. The SMILES string of the molecule is Nc1ccc(Nc2ccc3c(c2)CCC3)c2ccncc12. The van der Waals surface area contributed by atoms with Crippen LogP contribution in [-0.4, -0.2) is 4.98 Å². The van der Waals surface area contributed by atoms with Crippen molar-refractivity contribution in [2.24, 2.45) is 0 Å². The largest absolute Gasteiger partial charge is 0.398 e. The van der Waals surface area contributed by atoms with Crippen molar-refractivity contribution in [2.75, 3.05) is 11.1 Å². The Balaban J connectivity index is 1.76. The Labute approximate surface area is 123 Å². The Bertz CT molecular complexity index is 824. The van der Waals surface area contributed by atoms with E-state index in [4.69, 9.17) is 5.73 Å². The topological polar surface area (TPSA) is 50.9 Å². The number of aryl methyl sites for hydroxylation is 2. The lowest BCUT2D eigenvalue weighted by Gasteiger charge is -2.12. The average molecular weight is 275 g/mol. The van der Waals surface area contributed by atoms with E-state index >= 15 is 0 Å². The van der Waals surface area contributed by atoms with Crippen LogP contribution >= 0.6 is 0 Å². The summed E-state index contributed by atoms with van der Waals surface area (Å²) in [7, 11) is 0. The number of pyridine rings is 1. The summed E-state index contributed by atoms with van der Waals surface area (Å²) in [5, 5.41) is 5.61. The van der Waals surface area contributed by atoms with Gasteiger partial charge in [0.1, 0.15) is 0 Å². The van der Waals surface area contributed by atoms with E-state index in [1.54, 1.807) is 6.20 Å². The van der Waals surface area contributed by atoms with E-state index in [0.717, 1.165) is 27.8 Å². The number of anilines is 3. The number of nitrogens with one attached hydrogen (secondary N) is 1. The van der Waals surface area contributed by atoms with Gasteiger partial charge in [0.05, 0.1) is 0 Å². The highest BCUT2D eigenvalue weighted by Crippen LogP contribution is 2.31. The summed E-state index contributed by atoms with van der Waals surface area (Å²) < 4.78 is 0. The van der Waals surface area contributed by atoms with E-state index in [0.29, 0.717) is 0 Å². The Morgan fingerprint density at radius 3 is 2.81 bits per heavy atom. The minimum absolute atomic E-state index is 0.762. The molecule has 104 valence electrons. The van der Waals surface area contributed by atoms with Crippen LogP contribution in [0, 0.1) is 0 Å². The van der Waals surface area contributed by atoms with Gasteiger partial charge in [-0.05, 0) is 60.7 Å². The fraction of sp³-hybridized carbons (Fsp3) is 0.167. The van der Waals surface area contributed by atoms with Gasteiger partial charge in [-0.1, -0.05) is 6.07 Å². The monoisotopic (exact) mass is 275 g/mol. The van der Waals surface area contributed by atoms with Crippen LogP contribution in [0.25, 0.3) is 10.8 Å². The van der Waals surface area contributed by atoms with E-state index in [2.05, 4.69) is 28.5 Å². The second-order valence-electron chi connectivity index (χ2n) is 5.59. The van der Waals surface area contributed by atoms with Crippen molar-refractivity contribution in [1.82, 2.24) is 4.98 Å². The maximum atomic E-state index is 6.02. The quantitative estimate of drug-likeness (QED) is 0.694. The molecule has 0 radical (unpaired) electrons. The Hall–Kier alpha value is -2.55. The minimum atomic E-state index is 0.762. The Morgan fingerprint density at radius 1 is 0.952 bits per heavy atom. The standard InChI is InChI=1S/C18H17N3/c19-17-6-7-18(15-8-9-20-11-16(15)17)21-14-5-4-12-2-1-3-13(12)10-14/h4-11,21H,1-3,19H2. The molecule has 4 rings (SSSR count). The van der Waals surface area contributed by atoms with Crippen LogP contribution in [0.1, 0.15) is 17.5 Å². The summed E-state index contributed by atoms with van der Waals surface area (Å²) in [5.41, 5.74) is 12.0. The van der Waals surface area contributed by atoms with Crippen LogP contribution in [-0.2, 0) is 12.8 Å². The lowest BCUT2D eigenvalue weighted by atomic mass is 10.1. The second-order valence-corrected chi connectivity index (χ2v) is 5.59. The summed E-state index contributed by atoms with van der Waals surface area (Å²) in [5.74, 6) is 0. The van der Waals surface area contributed by atoms with Gasteiger partial charge in [0.25, 0.3) is 0 Å². The van der Waals surface area contributed by atoms with E-state index in [9.17, 15) is 0 Å². The van der Waals surface area contributed by atoms with Crippen molar-refractivity contribution in [2.45, 2.75) is 19.3 Å². The van der Waals surface area contributed by atoms with Gasteiger partial charge in [-0.25, -0.2) is 0 Å². The molecule has 1 aromatic heterocycles. The zero-order chi connectivity index (χ0) is 14.2. The van der Waals surface area contributed by atoms with Gasteiger partial charge < -0.3 is 11.1 Å². The number of nitrogens with zero attached hydrogens (tertiary/aromatic N) is 1. The van der Waals surface area contributed by atoms with Gasteiger partial charge in [-0.3, -0.25) is 4.98 Å². The molecule has 3 nitrogen and oxygen atoms in total. The third kappa shape index (κ3) is 2.11. The van der Waals surface area contributed by atoms with Crippen molar-refractivity contribution in [3.63, 3.8) is 0 Å². The number of fused-ring (bicyclic) bond motifs is 2. The molecule has 0 atom stereocenters. The number of rotatable bonds is 2. The fourth-order valence-corrected chi connectivity index (χ4v) is 3.13. The summed E-state index contributed by atoms with van der Waals surface area (Å²) in [6, 6.07) is 12.6. The van der Waals surface area contributed by atoms with Crippen LogP contribution in [0.4, 0.5) is 17.1 Å². The molecule has 3 heteroatoms. The lowest BCUT2D eigenvalue weighted by Crippen LogP contribution is -1.95. The summed E-state index contributed by atoms with van der Waals surface area (Å²) >= 11 is 0. The zero-order valence-electron chi connectivity index (χ0n) is 11.8. The van der Waals surface area contributed by atoms with Gasteiger partial charge in [-0.2, -0.15) is 0 Å². The second kappa shape index (κ2) is 4.77. The first-order valence-corrected chi connectivity index (χ1v) is 7.32. The maximum absolute atomic E-state index is 6.02. The molecule has 0 saturated heterocycles. The molecule has 1 aliphatic rings. The summed E-state index contributed by atoms with van der Waals surface area (Å²) in [6.45, 7) is 0. The number of nitrogens with two attached hydrogens (primary N) is 1. The first-order valence-electron chi connectivity index (χ1n) is 7.32. The normalized spacial score (nSPS) is 13.3. The number of benzene rings is 2. The first kappa shape index (κ1) is 12.2. The number of nitrogen functional groups attached to an aromatic ring is 1. The van der Waals surface area contributed by atoms with Gasteiger partial charge in [0, 0.05) is 40.2 Å². The molecule has 21 heavy (non-hydrogen) atoms. The number of hydrogen-bond acceptors (Lipinski definition) is 3. The summed E-state index contributed by atoms with van der Waals surface area (Å²) in [6.07, 6.45) is 7.30. The smallest absolute Gasteiger partial charge is 0.0466 e. The molecule has 3 aromatic rings. The number of hydrogen-bond donors (Lipinski definition) is 2. The van der Waals surface area contributed by atoms with Crippen LogP contribution in [0.5, 0.6) is 0 Å². The predicted molar refractivity (Wildman–Crippen MR) is 87.9 cm³/mol. The van der Waals surface area contributed by atoms with Gasteiger partial charge in [-0.15, -0.1) is 0 Å². The molecule has 1 aliphatic carbocycles. The molecule has 0 amide bonds. The van der Waals surface area contributed by atoms with E-state index < -0.39 is 0 Å². The van der Waals surface area contributed by atoms with Crippen molar-refractivity contribution < 1.29 is 0 Å². The van der Waals surface area contributed by atoms with Gasteiger partial charge >= 0.3 is 0 Å². The summed E-state index contributed by atoms with van der Waals surface area (Å²) in [4.78, 5) is 4.16. The predicted octanol–water partition coefficient (Wildman–Crippen LogP) is 4.05. The molecule has 0 fully saturated rings. The van der Waals surface area contributed by atoms with Crippen LogP contribution in [0.3, 0.4) is 0 Å². The van der Waals surface area contributed by atoms with Crippen LogP contribution in [0.2, 0.25) is 0 Å². The molecule has 3 N–H and O–H groups in total. The molecular formula is C18H17N3. The Kier molecular flexibility index (Phi) is 2.78. The highest BCUT2D eigenvalue weighted by molar-refractivity contribution is 6.01. The van der Waals surface area contributed by atoms with Crippen molar-refractivity contribution in [3.05, 3.63) is 59.9 Å².